The molecule has 2 heterocycles. The van der Waals surface area contributed by atoms with Crippen LogP contribution in [0.15, 0.2) is 29.2 Å². The lowest BCUT2D eigenvalue weighted by atomic mass is 10.2. The van der Waals surface area contributed by atoms with Gasteiger partial charge in [0.2, 0.25) is 5.91 Å². The molecule has 0 spiro atoms. The summed E-state index contributed by atoms with van der Waals surface area (Å²) in [6.07, 6.45) is 2.10. The maximum absolute atomic E-state index is 12.7. The van der Waals surface area contributed by atoms with Crippen molar-refractivity contribution < 1.29 is 22.7 Å². The number of ether oxygens (including phenoxy) is 1. The van der Waals surface area contributed by atoms with Gasteiger partial charge in [0, 0.05) is 18.7 Å². The molecule has 10 heteroatoms. The van der Waals surface area contributed by atoms with Gasteiger partial charge in [-0.15, -0.1) is 0 Å². The number of rotatable bonds is 5. The van der Waals surface area contributed by atoms with E-state index in [-0.39, 0.29) is 35.9 Å². The molecular weight excluding hydrogens is 420 g/mol. The maximum Gasteiger partial charge on any atom is 0.266 e. The third-order valence-corrected chi connectivity index (χ3v) is 7.87. The molecule has 2 aliphatic heterocycles. The first-order valence-corrected chi connectivity index (χ1v) is 11.6. The fraction of sp³-hybridized carbons (Fsp3) is 0.389. The van der Waals surface area contributed by atoms with Gasteiger partial charge in [0.15, 0.2) is 9.84 Å². The van der Waals surface area contributed by atoms with Crippen molar-refractivity contribution in [2.75, 3.05) is 32.2 Å². The Morgan fingerprint density at radius 1 is 1.43 bits per heavy atom. The second kappa shape index (κ2) is 8.22. The Morgan fingerprint density at radius 3 is 2.79 bits per heavy atom. The highest BCUT2D eigenvalue weighted by molar-refractivity contribution is 8.26. The summed E-state index contributed by atoms with van der Waals surface area (Å²) < 4.78 is 28.9. The van der Waals surface area contributed by atoms with Gasteiger partial charge in [0.1, 0.15) is 16.6 Å². The minimum absolute atomic E-state index is 0.0403. The van der Waals surface area contributed by atoms with Crippen LogP contribution in [-0.2, 0) is 19.4 Å². The van der Waals surface area contributed by atoms with Crippen molar-refractivity contribution in [3.63, 3.8) is 0 Å². The molecule has 0 N–H and O–H groups in total. The van der Waals surface area contributed by atoms with Gasteiger partial charge in [-0.2, -0.15) is 0 Å². The Hall–Kier alpha value is -1.91. The van der Waals surface area contributed by atoms with Crippen LogP contribution in [0.25, 0.3) is 6.08 Å². The Kier molecular flexibility index (Phi) is 6.11. The number of hydrogen-bond donors (Lipinski definition) is 0. The van der Waals surface area contributed by atoms with Crippen molar-refractivity contribution >= 4 is 56.0 Å². The summed E-state index contributed by atoms with van der Waals surface area (Å²) in [5.41, 5.74) is 0.741. The lowest BCUT2D eigenvalue weighted by Crippen LogP contribution is -2.45. The quantitative estimate of drug-likeness (QED) is 0.507. The van der Waals surface area contributed by atoms with Crippen LogP contribution in [0, 0.1) is 0 Å². The Morgan fingerprint density at radius 2 is 2.14 bits per heavy atom. The number of para-hydroxylation sites is 1. The van der Waals surface area contributed by atoms with Crippen molar-refractivity contribution in [2.45, 2.75) is 12.5 Å². The highest BCUT2D eigenvalue weighted by atomic mass is 32.2. The third kappa shape index (κ3) is 4.39. The van der Waals surface area contributed by atoms with Gasteiger partial charge >= 0.3 is 0 Å². The zero-order valence-corrected chi connectivity index (χ0v) is 17.9. The Bertz CT molecular complexity index is 958. The van der Waals surface area contributed by atoms with E-state index < -0.39 is 9.84 Å². The van der Waals surface area contributed by atoms with E-state index in [1.807, 2.05) is 18.2 Å². The van der Waals surface area contributed by atoms with Gasteiger partial charge in [-0.25, -0.2) is 8.42 Å². The van der Waals surface area contributed by atoms with E-state index >= 15 is 0 Å². The zero-order valence-electron chi connectivity index (χ0n) is 15.5. The second-order valence-electron chi connectivity index (χ2n) is 6.57. The van der Waals surface area contributed by atoms with E-state index in [9.17, 15) is 18.0 Å². The molecule has 1 aromatic carbocycles. The van der Waals surface area contributed by atoms with E-state index in [4.69, 9.17) is 17.0 Å². The molecular formula is C18H20N2O5S3. The average molecular weight is 441 g/mol. The van der Waals surface area contributed by atoms with Gasteiger partial charge in [0.05, 0.1) is 23.5 Å². The lowest BCUT2D eigenvalue weighted by Gasteiger charge is -2.25. The van der Waals surface area contributed by atoms with Gasteiger partial charge in [0.25, 0.3) is 5.91 Å². The Balaban J connectivity index is 1.72. The molecule has 1 atom stereocenters. The first kappa shape index (κ1) is 20.8. The number of benzene rings is 1. The van der Waals surface area contributed by atoms with Crippen LogP contribution in [0.2, 0.25) is 0 Å². The molecule has 0 bridgehead atoms. The molecule has 7 nitrogen and oxygen atoms in total. The van der Waals surface area contributed by atoms with Gasteiger partial charge in [-0.3, -0.25) is 14.5 Å². The van der Waals surface area contributed by atoms with E-state index in [0.717, 1.165) is 17.3 Å². The number of methoxy groups -OCH3 is 1. The predicted octanol–water partition coefficient (Wildman–Crippen LogP) is 1.54. The molecule has 2 aliphatic rings. The van der Waals surface area contributed by atoms with E-state index in [1.54, 1.807) is 26.3 Å². The summed E-state index contributed by atoms with van der Waals surface area (Å²) in [7, 11) is 0.0187. The van der Waals surface area contributed by atoms with Crippen LogP contribution in [0.5, 0.6) is 5.75 Å². The van der Waals surface area contributed by atoms with Crippen LogP contribution in [-0.4, -0.2) is 72.6 Å². The van der Waals surface area contributed by atoms with Crippen LogP contribution >= 0.6 is 24.0 Å². The number of likely N-dealkylation sites (N-methyl/N-ethyl adjacent to an activating group) is 1. The van der Waals surface area contributed by atoms with Crippen molar-refractivity contribution in [3.05, 3.63) is 34.7 Å². The maximum atomic E-state index is 12.7. The number of thiocarbonyl (C=S) groups is 1. The lowest BCUT2D eigenvalue weighted by molar-refractivity contribution is -0.135. The normalized spacial score (nSPS) is 22.7. The monoisotopic (exact) mass is 440 g/mol. The highest BCUT2D eigenvalue weighted by Crippen LogP contribution is 2.34. The predicted molar refractivity (Wildman–Crippen MR) is 113 cm³/mol. The number of carbonyl (C=O) groups is 2. The van der Waals surface area contributed by atoms with E-state index in [0.29, 0.717) is 21.4 Å². The van der Waals surface area contributed by atoms with E-state index in [2.05, 4.69) is 0 Å². The molecule has 0 saturated carbocycles. The standard InChI is InChI=1S/C18H20N2O5S3/c1-19(13-7-8-28(23,24)11-13)16(21)10-20-17(22)15(27-18(20)26)9-12-5-3-4-6-14(12)25-2/h3-6,9,13H,7-8,10-11H2,1-2H3/b15-9+/t13-/m1/s1. The first-order chi connectivity index (χ1) is 13.2. The summed E-state index contributed by atoms with van der Waals surface area (Å²) >= 11 is 6.41. The molecule has 28 heavy (non-hydrogen) atoms. The molecule has 2 amide bonds. The highest BCUT2D eigenvalue weighted by Gasteiger charge is 2.37. The topological polar surface area (TPSA) is 84.0 Å². The van der Waals surface area contributed by atoms with Crippen LogP contribution in [0.1, 0.15) is 12.0 Å². The van der Waals surface area contributed by atoms with E-state index in [1.165, 1.54) is 9.80 Å². The Labute approximate surface area is 173 Å². The number of carbonyl (C=O) groups excluding carboxylic acids is 2. The number of sulfone groups is 1. The molecule has 1 aromatic rings. The molecule has 150 valence electrons. The first-order valence-electron chi connectivity index (χ1n) is 8.56. The van der Waals surface area contributed by atoms with Crippen molar-refractivity contribution in [1.29, 1.82) is 0 Å². The number of amides is 2. The molecule has 3 rings (SSSR count). The molecule has 0 radical (unpaired) electrons. The summed E-state index contributed by atoms with van der Waals surface area (Å²) in [5, 5.41) is 0. The average Bonchev–Trinajstić information content (AvgIpc) is 3.15. The fourth-order valence-corrected chi connectivity index (χ4v) is 6.11. The fourth-order valence-electron chi connectivity index (χ4n) is 3.09. The summed E-state index contributed by atoms with van der Waals surface area (Å²) in [4.78, 5) is 28.4. The number of hydrogen-bond acceptors (Lipinski definition) is 7. The van der Waals surface area contributed by atoms with Crippen molar-refractivity contribution in [1.82, 2.24) is 9.80 Å². The van der Waals surface area contributed by atoms with Crippen LogP contribution < -0.4 is 4.74 Å². The van der Waals surface area contributed by atoms with Crippen molar-refractivity contribution in [2.24, 2.45) is 0 Å². The van der Waals surface area contributed by atoms with Gasteiger partial charge in [-0.05, 0) is 18.6 Å². The molecule has 2 fully saturated rings. The molecule has 2 saturated heterocycles. The van der Waals surface area contributed by atoms with Crippen molar-refractivity contribution in [3.8, 4) is 5.75 Å². The van der Waals surface area contributed by atoms with Gasteiger partial charge in [-0.1, -0.05) is 42.2 Å². The minimum atomic E-state index is -3.10. The minimum Gasteiger partial charge on any atom is -0.496 e. The smallest absolute Gasteiger partial charge is 0.266 e. The SMILES string of the molecule is COc1ccccc1/C=C1/SC(=S)N(CC(=O)N(C)[C@@H]2CCS(=O)(=O)C2)C1=O. The van der Waals surface area contributed by atoms with Gasteiger partial charge < -0.3 is 9.64 Å². The second-order valence-corrected chi connectivity index (χ2v) is 10.5. The number of nitrogens with zero attached hydrogens (tertiary/aromatic N) is 2. The summed E-state index contributed by atoms with van der Waals surface area (Å²) in [6, 6.07) is 6.92. The van der Waals surface area contributed by atoms with Crippen LogP contribution in [0.4, 0.5) is 0 Å². The largest absolute Gasteiger partial charge is 0.496 e. The summed E-state index contributed by atoms with van der Waals surface area (Å²) in [5.74, 6) is -0.0102. The summed E-state index contributed by atoms with van der Waals surface area (Å²) in [6.45, 7) is -0.207. The molecule has 0 unspecified atom stereocenters. The number of thioether (sulfide) groups is 1. The molecule has 0 aliphatic carbocycles. The third-order valence-electron chi connectivity index (χ3n) is 4.74. The molecule has 0 aromatic heterocycles. The zero-order chi connectivity index (χ0) is 20.5. The van der Waals surface area contributed by atoms with Crippen LogP contribution in [0.3, 0.4) is 0 Å².